The maximum Gasteiger partial charge on any atom is 0.407 e. The smallest absolute Gasteiger partial charge is 0.407 e. The number of aromatic nitrogens is 2. The van der Waals surface area contributed by atoms with Gasteiger partial charge in [-0.3, -0.25) is 10.1 Å². The second kappa shape index (κ2) is 8.99. The Kier molecular flexibility index (Phi) is 6.59. The molecule has 1 aliphatic carbocycles. The Morgan fingerprint density at radius 2 is 2.00 bits per heavy atom. The summed E-state index contributed by atoms with van der Waals surface area (Å²) in [5.41, 5.74) is -0.554. The third-order valence-corrected chi connectivity index (χ3v) is 4.97. The van der Waals surface area contributed by atoms with E-state index in [9.17, 15) is 14.9 Å². The van der Waals surface area contributed by atoms with Crippen LogP contribution in [0.15, 0.2) is 6.20 Å². The summed E-state index contributed by atoms with van der Waals surface area (Å²) in [5, 5.41) is 20.5. The standard InChI is InChI=1S/C19H30N6O5/c1-11-7-12(5-6-29-11)22-17-20-10-15(25(27)28)16(23-17)21-13-8-14(9-13)30-18(26)24-19(2,3)4/h10-14H,5-9H2,1-4H3,(H,24,26)(H2,20,21,22,23). The van der Waals surface area contributed by atoms with Gasteiger partial charge < -0.3 is 25.4 Å². The van der Waals surface area contributed by atoms with Crippen LogP contribution < -0.4 is 16.0 Å². The van der Waals surface area contributed by atoms with Gasteiger partial charge in [-0.2, -0.15) is 4.98 Å². The zero-order chi connectivity index (χ0) is 21.9. The lowest BCUT2D eigenvalue weighted by Gasteiger charge is -2.36. The van der Waals surface area contributed by atoms with Gasteiger partial charge in [0.25, 0.3) is 0 Å². The van der Waals surface area contributed by atoms with E-state index in [2.05, 4.69) is 25.9 Å². The van der Waals surface area contributed by atoms with Crippen molar-refractivity contribution in [3.05, 3.63) is 16.3 Å². The molecule has 11 heteroatoms. The minimum absolute atomic E-state index is 0.0676. The molecule has 1 saturated carbocycles. The highest BCUT2D eigenvalue weighted by Crippen LogP contribution is 2.31. The Hall–Kier alpha value is -2.69. The van der Waals surface area contributed by atoms with Crippen LogP contribution in [0, 0.1) is 10.1 Å². The number of nitro groups is 1. The normalized spacial score (nSPS) is 26.3. The lowest BCUT2D eigenvalue weighted by molar-refractivity contribution is -0.384. The molecule has 2 atom stereocenters. The van der Waals surface area contributed by atoms with Gasteiger partial charge in [-0.15, -0.1) is 0 Å². The Labute approximate surface area is 175 Å². The molecular weight excluding hydrogens is 392 g/mol. The van der Waals surface area contributed by atoms with E-state index in [-0.39, 0.29) is 41.3 Å². The van der Waals surface area contributed by atoms with Crippen LogP contribution in [0.2, 0.25) is 0 Å². The first kappa shape index (κ1) is 22.0. The van der Waals surface area contributed by atoms with E-state index in [0.29, 0.717) is 25.4 Å². The predicted octanol–water partition coefficient (Wildman–Crippen LogP) is 2.83. The Morgan fingerprint density at radius 3 is 2.63 bits per heavy atom. The number of nitrogens with one attached hydrogen (secondary N) is 3. The van der Waals surface area contributed by atoms with Crippen molar-refractivity contribution in [3.8, 4) is 0 Å². The van der Waals surface area contributed by atoms with E-state index in [1.54, 1.807) is 0 Å². The number of carbonyl (C=O) groups is 1. The summed E-state index contributed by atoms with van der Waals surface area (Å²) in [6.45, 7) is 8.29. The number of carbonyl (C=O) groups excluding carboxylic acids is 1. The second-order valence-corrected chi connectivity index (χ2v) is 8.95. The second-order valence-electron chi connectivity index (χ2n) is 8.95. The monoisotopic (exact) mass is 422 g/mol. The largest absolute Gasteiger partial charge is 0.446 e. The number of anilines is 2. The predicted molar refractivity (Wildman–Crippen MR) is 111 cm³/mol. The van der Waals surface area contributed by atoms with Crippen molar-refractivity contribution in [2.24, 2.45) is 0 Å². The topological polar surface area (TPSA) is 141 Å². The van der Waals surface area contributed by atoms with Crippen LogP contribution in [0.4, 0.5) is 22.2 Å². The molecule has 2 aliphatic rings. The fourth-order valence-corrected chi connectivity index (χ4v) is 3.46. The van der Waals surface area contributed by atoms with E-state index >= 15 is 0 Å². The van der Waals surface area contributed by atoms with Crippen molar-refractivity contribution < 1.29 is 19.2 Å². The van der Waals surface area contributed by atoms with E-state index < -0.39 is 11.0 Å². The van der Waals surface area contributed by atoms with E-state index in [4.69, 9.17) is 9.47 Å². The molecule has 166 valence electrons. The van der Waals surface area contributed by atoms with Gasteiger partial charge in [0, 0.05) is 37.1 Å². The first-order valence-electron chi connectivity index (χ1n) is 10.2. The fraction of sp³-hybridized carbons (Fsp3) is 0.737. The Balaban J connectivity index is 1.57. The number of hydrogen-bond acceptors (Lipinski definition) is 9. The molecule has 0 spiro atoms. The highest BCUT2D eigenvalue weighted by Gasteiger charge is 2.35. The molecule has 11 nitrogen and oxygen atoms in total. The molecule has 0 aromatic carbocycles. The molecule has 2 fully saturated rings. The Morgan fingerprint density at radius 1 is 1.27 bits per heavy atom. The van der Waals surface area contributed by atoms with Crippen LogP contribution in [0.25, 0.3) is 0 Å². The van der Waals surface area contributed by atoms with Crippen LogP contribution in [0.5, 0.6) is 0 Å². The maximum atomic E-state index is 11.8. The summed E-state index contributed by atoms with van der Waals surface area (Å²) in [7, 11) is 0. The molecule has 3 N–H and O–H groups in total. The van der Waals surface area contributed by atoms with Gasteiger partial charge in [-0.05, 0) is 40.5 Å². The highest BCUT2D eigenvalue weighted by molar-refractivity contribution is 5.68. The van der Waals surface area contributed by atoms with Crippen molar-refractivity contribution in [2.75, 3.05) is 17.2 Å². The number of rotatable bonds is 6. The Bertz CT molecular complexity index is 777. The molecule has 1 aromatic heterocycles. The molecule has 2 heterocycles. The molecule has 30 heavy (non-hydrogen) atoms. The maximum absolute atomic E-state index is 11.8. The number of amides is 1. The highest BCUT2D eigenvalue weighted by atomic mass is 16.6. The minimum atomic E-state index is -0.508. The quantitative estimate of drug-likeness (QED) is 0.466. The first-order chi connectivity index (χ1) is 14.1. The van der Waals surface area contributed by atoms with E-state index in [1.165, 1.54) is 6.20 Å². The summed E-state index contributed by atoms with van der Waals surface area (Å²) < 4.78 is 10.9. The van der Waals surface area contributed by atoms with Crippen molar-refractivity contribution in [1.29, 1.82) is 0 Å². The number of hydrogen-bond donors (Lipinski definition) is 3. The van der Waals surface area contributed by atoms with E-state index in [0.717, 1.165) is 12.8 Å². The molecule has 1 amide bonds. The molecule has 1 saturated heterocycles. The van der Waals surface area contributed by atoms with Gasteiger partial charge in [0.05, 0.1) is 11.0 Å². The molecule has 1 aromatic rings. The molecule has 0 radical (unpaired) electrons. The zero-order valence-corrected chi connectivity index (χ0v) is 17.8. The van der Waals surface area contributed by atoms with Crippen LogP contribution >= 0.6 is 0 Å². The molecule has 0 bridgehead atoms. The van der Waals surface area contributed by atoms with Gasteiger partial charge in [0.1, 0.15) is 12.3 Å². The summed E-state index contributed by atoms with van der Waals surface area (Å²) >= 11 is 0. The van der Waals surface area contributed by atoms with Crippen LogP contribution in [-0.2, 0) is 9.47 Å². The summed E-state index contributed by atoms with van der Waals surface area (Å²) in [6.07, 6.45) is 3.42. The number of alkyl carbamates (subject to hydrolysis) is 1. The van der Waals surface area contributed by atoms with Crippen LogP contribution in [0.3, 0.4) is 0 Å². The summed E-state index contributed by atoms with van der Waals surface area (Å²) in [4.78, 5) is 31.1. The molecule has 3 rings (SSSR count). The zero-order valence-electron chi connectivity index (χ0n) is 17.8. The van der Waals surface area contributed by atoms with Crippen LogP contribution in [-0.4, -0.2) is 57.4 Å². The van der Waals surface area contributed by atoms with Gasteiger partial charge in [-0.25, -0.2) is 9.78 Å². The van der Waals surface area contributed by atoms with Gasteiger partial charge in [0.15, 0.2) is 0 Å². The van der Waals surface area contributed by atoms with Crippen molar-refractivity contribution >= 4 is 23.5 Å². The lowest BCUT2D eigenvalue weighted by atomic mass is 9.89. The SMILES string of the molecule is CC1CC(Nc2ncc([N+](=O)[O-])c(NC3CC(OC(=O)NC(C)(C)C)C3)n2)CCO1. The third-order valence-electron chi connectivity index (χ3n) is 4.97. The summed E-state index contributed by atoms with van der Waals surface area (Å²) in [6, 6.07) is 0.0906. The molecular formula is C19H30N6O5. The number of ether oxygens (including phenoxy) is 2. The van der Waals surface area contributed by atoms with Gasteiger partial charge in [-0.1, -0.05) is 0 Å². The van der Waals surface area contributed by atoms with Crippen LogP contribution in [0.1, 0.15) is 53.4 Å². The average Bonchev–Trinajstić information content (AvgIpc) is 2.58. The molecule has 1 aliphatic heterocycles. The summed E-state index contributed by atoms with van der Waals surface area (Å²) in [5.74, 6) is 0.513. The van der Waals surface area contributed by atoms with Crippen molar-refractivity contribution in [3.63, 3.8) is 0 Å². The van der Waals surface area contributed by atoms with Gasteiger partial charge in [0.2, 0.25) is 11.8 Å². The average molecular weight is 422 g/mol. The fourth-order valence-electron chi connectivity index (χ4n) is 3.46. The van der Waals surface area contributed by atoms with Crippen molar-refractivity contribution in [2.45, 2.75) is 83.2 Å². The minimum Gasteiger partial charge on any atom is -0.446 e. The lowest BCUT2D eigenvalue weighted by Crippen LogP contribution is -2.47. The third kappa shape index (κ3) is 6.15. The van der Waals surface area contributed by atoms with Crippen molar-refractivity contribution in [1.82, 2.24) is 15.3 Å². The first-order valence-corrected chi connectivity index (χ1v) is 10.2. The molecule has 2 unspecified atom stereocenters. The number of nitrogens with zero attached hydrogens (tertiary/aromatic N) is 3. The van der Waals surface area contributed by atoms with E-state index in [1.807, 2.05) is 27.7 Å². The van der Waals surface area contributed by atoms with Gasteiger partial charge >= 0.3 is 11.8 Å².